The van der Waals surface area contributed by atoms with Gasteiger partial charge in [0.1, 0.15) is 5.52 Å². The number of anilines is 1. The number of hydrogen-bond acceptors (Lipinski definition) is 5. The number of amides is 2. The highest BCUT2D eigenvalue weighted by molar-refractivity contribution is 7.99. The van der Waals surface area contributed by atoms with Gasteiger partial charge >= 0.3 is 0 Å². The van der Waals surface area contributed by atoms with Gasteiger partial charge in [0.15, 0.2) is 5.58 Å². The fourth-order valence-electron chi connectivity index (χ4n) is 3.52. The Balaban J connectivity index is 1.35. The molecule has 1 heterocycles. The Morgan fingerprint density at radius 3 is 2.73 bits per heavy atom. The summed E-state index contributed by atoms with van der Waals surface area (Å²) in [7, 11) is 0. The van der Waals surface area contributed by atoms with Crippen molar-refractivity contribution in [2.75, 3.05) is 11.1 Å². The maximum Gasteiger partial charge on any atom is 0.257 e. The van der Waals surface area contributed by atoms with Crippen LogP contribution in [0.5, 0.6) is 0 Å². The molecule has 1 aliphatic carbocycles. The number of thioether (sulfide) groups is 1. The lowest BCUT2D eigenvalue weighted by atomic mass is 9.95. The van der Waals surface area contributed by atoms with Crippen LogP contribution < -0.4 is 10.6 Å². The SMILES string of the molecule is O=C(CSc1nc2ccccc2o1)Nc1ccc(Cl)c(C(=O)NC2CCCCC2)c1. The Hall–Kier alpha value is -2.51. The quantitative estimate of drug-likeness (QED) is 0.506. The Labute approximate surface area is 183 Å². The van der Waals surface area contributed by atoms with Crippen molar-refractivity contribution in [3.63, 3.8) is 0 Å². The lowest BCUT2D eigenvalue weighted by Gasteiger charge is -2.23. The Bertz CT molecular complexity index is 1030. The van der Waals surface area contributed by atoms with E-state index in [1.165, 1.54) is 18.2 Å². The molecular weight excluding hydrogens is 422 g/mol. The standard InChI is InChI=1S/C22H22ClN3O3S/c23-17-11-10-15(12-16(17)21(28)25-14-6-2-1-3-7-14)24-20(27)13-30-22-26-18-8-4-5-9-19(18)29-22/h4-5,8-12,14H,1-3,6-7,13H2,(H,24,27)(H,25,28). The molecule has 30 heavy (non-hydrogen) atoms. The lowest BCUT2D eigenvalue weighted by Crippen LogP contribution is -2.36. The van der Waals surface area contributed by atoms with Crippen LogP contribution in [0.3, 0.4) is 0 Å². The van der Waals surface area contributed by atoms with Gasteiger partial charge in [-0.15, -0.1) is 0 Å². The summed E-state index contributed by atoms with van der Waals surface area (Å²) in [5, 5.41) is 6.66. The van der Waals surface area contributed by atoms with Crippen LogP contribution >= 0.6 is 23.4 Å². The molecule has 2 amide bonds. The molecule has 1 aromatic heterocycles. The minimum Gasteiger partial charge on any atom is -0.431 e. The van der Waals surface area contributed by atoms with E-state index >= 15 is 0 Å². The number of para-hydroxylation sites is 2. The predicted molar refractivity (Wildman–Crippen MR) is 119 cm³/mol. The summed E-state index contributed by atoms with van der Waals surface area (Å²) in [5.74, 6) is -0.286. The van der Waals surface area contributed by atoms with Crippen molar-refractivity contribution in [2.24, 2.45) is 0 Å². The van der Waals surface area contributed by atoms with Crippen molar-refractivity contribution >= 4 is 52.0 Å². The zero-order chi connectivity index (χ0) is 20.9. The molecule has 4 rings (SSSR count). The number of nitrogens with one attached hydrogen (secondary N) is 2. The van der Waals surface area contributed by atoms with Gasteiger partial charge in [0.25, 0.3) is 11.1 Å². The fourth-order valence-corrected chi connectivity index (χ4v) is 4.37. The molecule has 0 spiro atoms. The number of carbonyl (C=O) groups excluding carboxylic acids is 2. The van der Waals surface area contributed by atoms with Crippen molar-refractivity contribution in [3.8, 4) is 0 Å². The zero-order valence-corrected chi connectivity index (χ0v) is 17.9. The first-order chi connectivity index (χ1) is 14.6. The summed E-state index contributed by atoms with van der Waals surface area (Å²) in [6, 6.07) is 12.6. The van der Waals surface area contributed by atoms with Gasteiger partial charge < -0.3 is 15.1 Å². The fraction of sp³-hybridized carbons (Fsp3) is 0.318. The molecule has 6 nitrogen and oxygen atoms in total. The largest absolute Gasteiger partial charge is 0.431 e. The van der Waals surface area contributed by atoms with Gasteiger partial charge in [-0.1, -0.05) is 54.8 Å². The minimum atomic E-state index is -0.219. The van der Waals surface area contributed by atoms with Crippen molar-refractivity contribution in [1.82, 2.24) is 10.3 Å². The van der Waals surface area contributed by atoms with Gasteiger partial charge in [-0.05, 0) is 43.2 Å². The number of carbonyl (C=O) groups is 2. The summed E-state index contributed by atoms with van der Waals surface area (Å²) in [6.07, 6.45) is 5.47. The number of nitrogens with zero attached hydrogens (tertiary/aromatic N) is 1. The number of aromatic nitrogens is 1. The molecule has 156 valence electrons. The Morgan fingerprint density at radius 1 is 1.13 bits per heavy atom. The van der Waals surface area contributed by atoms with Crippen LogP contribution in [0.15, 0.2) is 52.1 Å². The molecule has 2 N–H and O–H groups in total. The number of halogens is 1. The van der Waals surface area contributed by atoms with E-state index in [-0.39, 0.29) is 23.6 Å². The zero-order valence-electron chi connectivity index (χ0n) is 16.3. The summed E-state index contributed by atoms with van der Waals surface area (Å²) in [4.78, 5) is 29.3. The van der Waals surface area contributed by atoms with Crippen molar-refractivity contribution in [2.45, 2.75) is 43.4 Å². The summed E-state index contributed by atoms with van der Waals surface area (Å²) >= 11 is 7.44. The first kappa shape index (κ1) is 20.8. The normalized spacial score (nSPS) is 14.6. The van der Waals surface area contributed by atoms with Crippen LogP contribution in [0, 0.1) is 0 Å². The number of hydrogen-bond donors (Lipinski definition) is 2. The maximum absolute atomic E-state index is 12.6. The van der Waals surface area contributed by atoms with Crippen LogP contribution in [-0.2, 0) is 4.79 Å². The van der Waals surface area contributed by atoms with Crippen LogP contribution in [-0.4, -0.2) is 28.6 Å². The summed E-state index contributed by atoms with van der Waals surface area (Å²) in [6.45, 7) is 0. The molecular formula is C22H22ClN3O3S. The van der Waals surface area contributed by atoms with E-state index in [1.807, 2.05) is 24.3 Å². The molecule has 0 atom stereocenters. The number of oxazole rings is 1. The van der Waals surface area contributed by atoms with Crippen molar-refractivity contribution in [1.29, 1.82) is 0 Å². The second-order valence-electron chi connectivity index (χ2n) is 7.29. The van der Waals surface area contributed by atoms with Crippen molar-refractivity contribution < 1.29 is 14.0 Å². The molecule has 8 heteroatoms. The molecule has 0 radical (unpaired) electrons. The highest BCUT2D eigenvalue weighted by Gasteiger charge is 2.19. The summed E-state index contributed by atoms with van der Waals surface area (Å²) < 4.78 is 5.61. The molecule has 0 unspecified atom stereocenters. The van der Waals surface area contributed by atoms with E-state index < -0.39 is 0 Å². The van der Waals surface area contributed by atoms with Gasteiger partial charge in [0.2, 0.25) is 5.91 Å². The van der Waals surface area contributed by atoms with E-state index in [2.05, 4.69) is 15.6 Å². The second-order valence-corrected chi connectivity index (χ2v) is 8.62. The van der Waals surface area contributed by atoms with E-state index in [9.17, 15) is 9.59 Å². The van der Waals surface area contributed by atoms with Crippen molar-refractivity contribution in [3.05, 3.63) is 53.1 Å². The van der Waals surface area contributed by atoms with Gasteiger partial charge in [-0.25, -0.2) is 4.98 Å². The minimum absolute atomic E-state index is 0.138. The Kier molecular flexibility index (Phi) is 6.59. The third-order valence-corrected chi connectivity index (χ3v) is 6.19. The maximum atomic E-state index is 12.6. The van der Waals surface area contributed by atoms with E-state index in [1.54, 1.807) is 18.2 Å². The predicted octanol–water partition coefficient (Wildman–Crippen LogP) is 5.27. The number of benzene rings is 2. The monoisotopic (exact) mass is 443 g/mol. The first-order valence-corrected chi connectivity index (χ1v) is 11.3. The highest BCUT2D eigenvalue weighted by atomic mass is 35.5. The lowest BCUT2D eigenvalue weighted by molar-refractivity contribution is -0.113. The number of fused-ring (bicyclic) bond motifs is 1. The third-order valence-electron chi connectivity index (χ3n) is 5.04. The molecule has 1 fully saturated rings. The van der Waals surface area contributed by atoms with Crippen LogP contribution in [0.4, 0.5) is 5.69 Å². The van der Waals surface area contributed by atoms with Gasteiger partial charge in [0.05, 0.1) is 16.3 Å². The van der Waals surface area contributed by atoms with Gasteiger partial charge in [0, 0.05) is 11.7 Å². The van der Waals surface area contributed by atoms with E-state index in [0.717, 1.165) is 31.2 Å². The first-order valence-electron chi connectivity index (χ1n) is 9.97. The van der Waals surface area contributed by atoms with E-state index in [0.29, 0.717) is 27.1 Å². The van der Waals surface area contributed by atoms with Gasteiger partial charge in [-0.3, -0.25) is 9.59 Å². The average Bonchev–Trinajstić information content (AvgIpc) is 3.17. The smallest absolute Gasteiger partial charge is 0.257 e. The van der Waals surface area contributed by atoms with Gasteiger partial charge in [-0.2, -0.15) is 0 Å². The van der Waals surface area contributed by atoms with Crippen LogP contribution in [0.2, 0.25) is 5.02 Å². The second kappa shape index (κ2) is 9.53. The molecule has 1 saturated carbocycles. The van der Waals surface area contributed by atoms with E-state index in [4.69, 9.17) is 16.0 Å². The summed E-state index contributed by atoms with van der Waals surface area (Å²) in [5.41, 5.74) is 2.33. The average molecular weight is 444 g/mol. The topological polar surface area (TPSA) is 84.2 Å². The van der Waals surface area contributed by atoms with Crippen LogP contribution in [0.1, 0.15) is 42.5 Å². The van der Waals surface area contributed by atoms with Crippen LogP contribution in [0.25, 0.3) is 11.1 Å². The Morgan fingerprint density at radius 2 is 1.93 bits per heavy atom. The highest BCUT2D eigenvalue weighted by Crippen LogP contribution is 2.25. The molecule has 1 aliphatic rings. The number of rotatable bonds is 6. The molecule has 2 aromatic carbocycles. The molecule has 3 aromatic rings. The molecule has 0 saturated heterocycles. The molecule has 0 bridgehead atoms. The molecule has 0 aliphatic heterocycles. The third kappa shape index (κ3) is 5.15.